The Labute approximate surface area is 118 Å². The van der Waals surface area contributed by atoms with Crippen LogP contribution in [0.4, 0.5) is 0 Å². The van der Waals surface area contributed by atoms with Gasteiger partial charge in [0, 0.05) is 18.7 Å². The molecule has 0 aromatic carbocycles. The first-order valence-electron chi connectivity index (χ1n) is 8.12. The van der Waals surface area contributed by atoms with E-state index in [-0.39, 0.29) is 5.60 Å². The Morgan fingerprint density at radius 3 is 2.63 bits per heavy atom. The number of ether oxygens (including phenoxy) is 1. The van der Waals surface area contributed by atoms with Crippen LogP contribution in [0, 0.1) is 5.92 Å². The number of nitrogens with two attached hydrogens (primary N) is 1. The van der Waals surface area contributed by atoms with Crippen LogP contribution in [0.2, 0.25) is 0 Å². The van der Waals surface area contributed by atoms with Crippen molar-refractivity contribution in [3.63, 3.8) is 0 Å². The molecular weight excluding hydrogens is 236 g/mol. The summed E-state index contributed by atoms with van der Waals surface area (Å²) < 4.78 is 6.12. The number of nitrogens with zero attached hydrogens (tertiary/aromatic N) is 1. The van der Waals surface area contributed by atoms with Crippen molar-refractivity contribution in [3.8, 4) is 0 Å². The molecule has 19 heavy (non-hydrogen) atoms. The lowest BCUT2D eigenvalue weighted by molar-refractivity contribution is -0.0989. The lowest BCUT2D eigenvalue weighted by Crippen LogP contribution is -2.47. The molecular formula is C16H32N2O. The standard InChI is InChI=1S/C16H32N2O/c1-13(2)15(17)6-10-18(3)14-7-11-19-16(12-14)8-4-5-9-16/h13-15H,4-12,17H2,1-3H3. The van der Waals surface area contributed by atoms with Gasteiger partial charge in [0.15, 0.2) is 0 Å². The Balaban J connectivity index is 1.80. The normalized spacial score (nSPS) is 28.4. The highest BCUT2D eigenvalue weighted by Gasteiger charge is 2.40. The van der Waals surface area contributed by atoms with Gasteiger partial charge in [-0.15, -0.1) is 0 Å². The summed E-state index contributed by atoms with van der Waals surface area (Å²) in [6.45, 7) is 6.50. The third-order valence-electron chi connectivity index (χ3n) is 5.28. The molecule has 2 aliphatic rings. The minimum absolute atomic E-state index is 0.233. The molecule has 3 heteroatoms. The summed E-state index contributed by atoms with van der Waals surface area (Å²) in [5.74, 6) is 0.587. The first-order chi connectivity index (χ1) is 9.02. The molecule has 3 nitrogen and oxygen atoms in total. The van der Waals surface area contributed by atoms with Crippen molar-refractivity contribution < 1.29 is 4.74 Å². The molecule has 1 heterocycles. The third kappa shape index (κ3) is 3.93. The highest BCUT2D eigenvalue weighted by molar-refractivity contribution is 4.93. The van der Waals surface area contributed by atoms with Crippen molar-refractivity contribution in [2.75, 3.05) is 20.2 Å². The predicted octanol–water partition coefficient (Wildman–Crippen LogP) is 2.78. The molecule has 1 spiro atoms. The number of rotatable bonds is 5. The van der Waals surface area contributed by atoms with Crippen molar-refractivity contribution in [1.29, 1.82) is 0 Å². The van der Waals surface area contributed by atoms with Crippen molar-refractivity contribution in [2.24, 2.45) is 11.7 Å². The van der Waals surface area contributed by atoms with E-state index in [1.807, 2.05) is 0 Å². The molecule has 0 bridgehead atoms. The monoisotopic (exact) mass is 268 g/mol. The second-order valence-corrected chi connectivity index (χ2v) is 7.06. The molecule has 1 aliphatic carbocycles. The van der Waals surface area contributed by atoms with E-state index in [2.05, 4.69) is 25.8 Å². The average Bonchev–Trinajstić information content (AvgIpc) is 2.83. The van der Waals surface area contributed by atoms with Crippen LogP contribution in [0.15, 0.2) is 0 Å². The van der Waals surface area contributed by atoms with Crippen LogP contribution in [0.5, 0.6) is 0 Å². The predicted molar refractivity (Wildman–Crippen MR) is 80.2 cm³/mol. The summed E-state index contributed by atoms with van der Waals surface area (Å²) in [6, 6.07) is 1.04. The van der Waals surface area contributed by atoms with Crippen LogP contribution in [-0.4, -0.2) is 42.8 Å². The first kappa shape index (κ1) is 15.3. The Kier molecular flexibility index (Phi) is 5.27. The molecule has 0 radical (unpaired) electrons. The number of hydrogen-bond donors (Lipinski definition) is 1. The quantitative estimate of drug-likeness (QED) is 0.833. The summed E-state index contributed by atoms with van der Waals surface area (Å²) in [7, 11) is 2.27. The van der Waals surface area contributed by atoms with Gasteiger partial charge in [-0.05, 0) is 51.6 Å². The summed E-state index contributed by atoms with van der Waals surface area (Å²) in [5, 5.41) is 0. The first-order valence-corrected chi connectivity index (χ1v) is 8.12. The summed E-state index contributed by atoms with van der Waals surface area (Å²) in [5.41, 5.74) is 6.39. The van der Waals surface area contributed by atoms with Crippen LogP contribution in [0.25, 0.3) is 0 Å². The number of hydrogen-bond acceptors (Lipinski definition) is 3. The summed E-state index contributed by atoms with van der Waals surface area (Å²) in [6.07, 6.45) is 8.81. The van der Waals surface area contributed by atoms with Gasteiger partial charge in [-0.1, -0.05) is 26.7 Å². The minimum Gasteiger partial charge on any atom is -0.375 e. The van der Waals surface area contributed by atoms with E-state index in [1.54, 1.807) is 0 Å². The molecule has 0 amide bonds. The van der Waals surface area contributed by atoms with Crippen molar-refractivity contribution >= 4 is 0 Å². The average molecular weight is 268 g/mol. The SMILES string of the molecule is CC(C)C(N)CCN(C)C1CCOC2(CCCC2)C1. The molecule has 1 saturated heterocycles. The van der Waals surface area contributed by atoms with Crippen LogP contribution >= 0.6 is 0 Å². The largest absolute Gasteiger partial charge is 0.375 e. The van der Waals surface area contributed by atoms with E-state index >= 15 is 0 Å². The van der Waals surface area contributed by atoms with Crippen molar-refractivity contribution in [1.82, 2.24) is 4.90 Å². The smallest absolute Gasteiger partial charge is 0.0697 e. The van der Waals surface area contributed by atoms with Crippen LogP contribution < -0.4 is 5.73 Å². The van der Waals surface area contributed by atoms with E-state index in [1.165, 1.54) is 38.5 Å². The Bertz CT molecular complexity index is 274. The molecule has 2 rings (SSSR count). The van der Waals surface area contributed by atoms with Gasteiger partial charge in [-0.25, -0.2) is 0 Å². The van der Waals surface area contributed by atoms with Crippen LogP contribution in [0.1, 0.15) is 58.8 Å². The molecule has 1 aliphatic heterocycles. The van der Waals surface area contributed by atoms with Gasteiger partial charge >= 0.3 is 0 Å². The van der Waals surface area contributed by atoms with Crippen molar-refractivity contribution in [3.05, 3.63) is 0 Å². The lowest BCUT2D eigenvalue weighted by Gasteiger charge is -2.42. The maximum atomic E-state index is 6.16. The van der Waals surface area contributed by atoms with Crippen molar-refractivity contribution in [2.45, 2.75) is 76.5 Å². The molecule has 0 aromatic heterocycles. The van der Waals surface area contributed by atoms with Crippen LogP contribution in [-0.2, 0) is 4.74 Å². The fourth-order valence-electron chi connectivity index (χ4n) is 3.61. The Hall–Kier alpha value is -0.120. The van der Waals surface area contributed by atoms with Crippen LogP contribution in [0.3, 0.4) is 0 Å². The summed E-state index contributed by atoms with van der Waals surface area (Å²) in [4.78, 5) is 2.53. The molecule has 0 aromatic rings. The van der Waals surface area contributed by atoms with E-state index in [9.17, 15) is 0 Å². The fraction of sp³-hybridized carbons (Fsp3) is 1.00. The van der Waals surface area contributed by atoms with E-state index < -0.39 is 0 Å². The highest BCUT2D eigenvalue weighted by atomic mass is 16.5. The van der Waals surface area contributed by atoms with Gasteiger partial charge in [0.05, 0.1) is 5.60 Å². The zero-order valence-electron chi connectivity index (χ0n) is 13.0. The second kappa shape index (κ2) is 6.55. The summed E-state index contributed by atoms with van der Waals surface area (Å²) >= 11 is 0. The molecule has 112 valence electrons. The fourth-order valence-corrected chi connectivity index (χ4v) is 3.61. The maximum absolute atomic E-state index is 6.16. The maximum Gasteiger partial charge on any atom is 0.0697 e. The molecule has 2 fully saturated rings. The molecule has 2 unspecified atom stereocenters. The molecule has 2 N–H and O–H groups in total. The lowest BCUT2D eigenvalue weighted by atomic mass is 9.88. The zero-order valence-corrected chi connectivity index (χ0v) is 13.0. The third-order valence-corrected chi connectivity index (χ3v) is 5.28. The van der Waals surface area contributed by atoms with E-state index in [0.29, 0.717) is 18.0 Å². The molecule has 2 atom stereocenters. The highest BCUT2D eigenvalue weighted by Crippen LogP contribution is 2.40. The van der Waals surface area contributed by atoms with Gasteiger partial charge in [-0.3, -0.25) is 0 Å². The Morgan fingerprint density at radius 1 is 1.32 bits per heavy atom. The van der Waals surface area contributed by atoms with E-state index in [0.717, 1.165) is 19.6 Å². The van der Waals surface area contributed by atoms with Gasteiger partial charge in [0.25, 0.3) is 0 Å². The van der Waals surface area contributed by atoms with Gasteiger partial charge in [0.1, 0.15) is 0 Å². The minimum atomic E-state index is 0.233. The van der Waals surface area contributed by atoms with Gasteiger partial charge in [0.2, 0.25) is 0 Å². The van der Waals surface area contributed by atoms with Gasteiger partial charge in [-0.2, -0.15) is 0 Å². The second-order valence-electron chi connectivity index (χ2n) is 7.06. The Morgan fingerprint density at radius 2 is 2.00 bits per heavy atom. The zero-order chi connectivity index (χ0) is 13.9. The molecule has 1 saturated carbocycles. The van der Waals surface area contributed by atoms with Gasteiger partial charge < -0.3 is 15.4 Å². The van der Waals surface area contributed by atoms with E-state index in [4.69, 9.17) is 10.5 Å². The topological polar surface area (TPSA) is 38.5 Å².